The summed E-state index contributed by atoms with van der Waals surface area (Å²) < 4.78 is 1.98. The fourth-order valence-corrected chi connectivity index (χ4v) is 4.55. The van der Waals surface area contributed by atoms with E-state index < -0.39 is 0 Å². The Morgan fingerprint density at radius 1 is 1.22 bits per heavy atom. The van der Waals surface area contributed by atoms with Crippen LogP contribution in [0.4, 0.5) is 11.4 Å². The van der Waals surface area contributed by atoms with Gasteiger partial charge in [0.05, 0.1) is 23.0 Å². The van der Waals surface area contributed by atoms with Gasteiger partial charge in [0.15, 0.2) is 5.16 Å². The summed E-state index contributed by atoms with van der Waals surface area (Å²) in [5.74, 6) is 0.0414. The van der Waals surface area contributed by atoms with Crippen LogP contribution in [0, 0.1) is 13.8 Å². The average Bonchev–Trinajstić information content (AvgIpc) is 3.23. The van der Waals surface area contributed by atoms with Crippen molar-refractivity contribution in [1.82, 2.24) is 14.9 Å². The number of benzene rings is 2. The molecule has 2 N–H and O–H groups in total. The molecule has 0 unspecified atom stereocenters. The van der Waals surface area contributed by atoms with E-state index >= 15 is 0 Å². The summed E-state index contributed by atoms with van der Waals surface area (Å²) in [5, 5.41) is 6.92. The number of rotatable bonds is 6. The molecule has 0 bridgehead atoms. The number of carbonyl (C=O) groups is 2. The number of anilines is 2. The standard InChI is InChI=1S/C23H24ClN5O2S/c1-15-3-5-18(11-16(15)2)29-10-8-26-23(29)32-14-22(31)27-17-4-6-20(19(24)12-17)28-9-7-25-21(30)13-28/h3-6,8,10-12H,7,9,13-14H2,1-2H3,(H,25,30)(H,27,31). The zero-order valence-corrected chi connectivity index (χ0v) is 19.5. The number of imidazole rings is 1. The van der Waals surface area contributed by atoms with Gasteiger partial charge in [-0.2, -0.15) is 0 Å². The van der Waals surface area contributed by atoms with Crippen molar-refractivity contribution in [2.45, 2.75) is 19.0 Å². The molecular weight excluding hydrogens is 446 g/mol. The lowest BCUT2D eigenvalue weighted by atomic mass is 10.1. The normalized spacial score (nSPS) is 13.7. The molecule has 1 aliphatic heterocycles. The lowest BCUT2D eigenvalue weighted by Gasteiger charge is -2.29. The molecule has 1 aliphatic rings. The van der Waals surface area contributed by atoms with E-state index in [0.29, 0.717) is 23.8 Å². The summed E-state index contributed by atoms with van der Waals surface area (Å²) in [5.41, 5.74) is 4.85. The molecule has 0 radical (unpaired) electrons. The summed E-state index contributed by atoms with van der Waals surface area (Å²) in [6.45, 7) is 5.71. The zero-order chi connectivity index (χ0) is 22.7. The molecule has 7 nitrogen and oxygen atoms in total. The van der Waals surface area contributed by atoms with Crippen LogP contribution < -0.4 is 15.5 Å². The summed E-state index contributed by atoms with van der Waals surface area (Å²) in [4.78, 5) is 30.5. The number of hydrogen-bond acceptors (Lipinski definition) is 5. The first-order chi connectivity index (χ1) is 15.4. The van der Waals surface area contributed by atoms with Crippen molar-refractivity contribution in [3.05, 3.63) is 64.9 Å². The van der Waals surface area contributed by atoms with E-state index in [0.717, 1.165) is 16.5 Å². The van der Waals surface area contributed by atoms with Crippen molar-refractivity contribution in [2.75, 3.05) is 35.6 Å². The van der Waals surface area contributed by atoms with Gasteiger partial charge in [0, 0.05) is 36.9 Å². The van der Waals surface area contributed by atoms with Crippen molar-refractivity contribution in [3.8, 4) is 5.69 Å². The zero-order valence-electron chi connectivity index (χ0n) is 17.9. The Morgan fingerprint density at radius 2 is 2.06 bits per heavy atom. The summed E-state index contributed by atoms with van der Waals surface area (Å²) in [6, 6.07) is 11.6. The van der Waals surface area contributed by atoms with Crippen LogP contribution >= 0.6 is 23.4 Å². The maximum Gasteiger partial charge on any atom is 0.239 e. The average molecular weight is 470 g/mol. The van der Waals surface area contributed by atoms with Gasteiger partial charge in [-0.1, -0.05) is 29.4 Å². The second-order valence-corrected chi connectivity index (χ2v) is 8.97. The fourth-order valence-electron chi connectivity index (χ4n) is 3.48. The van der Waals surface area contributed by atoms with Crippen LogP contribution in [0.2, 0.25) is 5.02 Å². The van der Waals surface area contributed by atoms with Crippen LogP contribution in [0.3, 0.4) is 0 Å². The Bertz CT molecular complexity index is 1160. The Balaban J connectivity index is 1.38. The molecule has 0 atom stereocenters. The van der Waals surface area contributed by atoms with Crippen molar-refractivity contribution in [3.63, 3.8) is 0 Å². The van der Waals surface area contributed by atoms with Crippen LogP contribution in [0.5, 0.6) is 0 Å². The third kappa shape index (κ3) is 5.08. The number of thioether (sulfide) groups is 1. The third-order valence-corrected chi connectivity index (χ3v) is 6.59. The van der Waals surface area contributed by atoms with E-state index in [-0.39, 0.29) is 24.1 Å². The van der Waals surface area contributed by atoms with Crippen LogP contribution in [0.1, 0.15) is 11.1 Å². The highest BCUT2D eigenvalue weighted by Gasteiger charge is 2.19. The van der Waals surface area contributed by atoms with Gasteiger partial charge in [-0.3, -0.25) is 14.2 Å². The molecule has 0 saturated carbocycles. The van der Waals surface area contributed by atoms with E-state index in [1.807, 2.05) is 27.8 Å². The summed E-state index contributed by atoms with van der Waals surface area (Å²) in [6.07, 6.45) is 3.62. The molecule has 2 amide bonds. The van der Waals surface area contributed by atoms with Gasteiger partial charge in [-0.15, -0.1) is 0 Å². The van der Waals surface area contributed by atoms with Crippen LogP contribution in [-0.2, 0) is 9.59 Å². The molecule has 166 valence electrons. The SMILES string of the molecule is Cc1ccc(-n2ccnc2SCC(=O)Nc2ccc(N3CCNC(=O)C3)c(Cl)c2)cc1C. The second-order valence-electron chi connectivity index (χ2n) is 7.62. The Morgan fingerprint density at radius 3 is 2.81 bits per heavy atom. The number of halogens is 1. The number of piperazine rings is 1. The summed E-state index contributed by atoms with van der Waals surface area (Å²) in [7, 11) is 0. The van der Waals surface area contributed by atoms with Crippen molar-refractivity contribution in [1.29, 1.82) is 0 Å². The van der Waals surface area contributed by atoms with E-state index in [1.54, 1.807) is 18.3 Å². The predicted molar refractivity (Wildman–Crippen MR) is 129 cm³/mol. The molecule has 0 spiro atoms. The van der Waals surface area contributed by atoms with E-state index in [2.05, 4.69) is 41.6 Å². The van der Waals surface area contributed by atoms with E-state index in [4.69, 9.17) is 11.6 Å². The molecule has 9 heteroatoms. The Hall–Kier alpha value is -2.97. The molecule has 1 saturated heterocycles. The minimum Gasteiger partial charge on any atom is -0.359 e. The smallest absolute Gasteiger partial charge is 0.239 e. The topological polar surface area (TPSA) is 79.3 Å². The number of nitrogens with zero attached hydrogens (tertiary/aromatic N) is 3. The van der Waals surface area contributed by atoms with Crippen molar-refractivity contribution in [2.24, 2.45) is 0 Å². The molecule has 0 aliphatic carbocycles. The highest BCUT2D eigenvalue weighted by Crippen LogP contribution is 2.29. The van der Waals surface area contributed by atoms with Crippen molar-refractivity contribution >= 4 is 46.6 Å². The monoisotopic (exact) mass is 469 g/mol. The first-order valence-electron chi connectivity index (χ1n) is 10.3. The molecule has 1 aromatic heterocycles. The van der Waals surface area contributed by atoms with Gasteiger partial charge in [-0.25, -0.2) is 4.98 Å². The lowest BCUT2D eigenvalue weighted by Crippen LogP contribution is -2.47. The minimum absolute atomic E-state index is 0.0270. The van der Waals surface area contributed by atoms with Crippen LogP contribution in [0.25, 0.3) is 5.69 Å². The number of aryl methyl sites for hydroxylation is 2. The van der Waals surface area contributed by atoms with Gasteiger partial charge in [0.1, 0.15) is 0 Å². The van der Waals surface area contributed by atoms with Gasteiger partial charge < -0.3 is 15.5 Å². The number of aromatic nitrogens is 2. The first-order valence-corrected chi connectivity index (χ1v) is 11.6. The Kier molecular flexibility index (Phi) is 6.72. The second kappa shape index (κ2) is 9.67. The van der Waals surface area contributed by atoms with Gasteiger partial charge >= 0.3 is 0 Å². The third-order valence-electron chi connectivity index (χ3n) is 5.32. The molecule has 1 fully saturated rings. The number of amides is 2. The molecule has 3 aromatic rings. The lowest BCUT2D eigenvalue weighted by molar-refractivity contribution is -0.120. The maximum absolute atomic E-state index is 12.5. The number of carbonyl (C=O) groups excluding carboxylic acids is 2. The Labute approximate surface area is 196 Å². The molecular formula is C23H24ClN5O2S. The minimum atomic E-state index is -0.147. The first kappa shape index (κ1) is 22.2. The summed E-state index contributed by atoms with van der Waals surface area (Å²) >= 11 is 7.79. The quantitative estimate of drug-likeness (QED) is 0.537. The molecule has 2 heterocycles. The van der Waals surface area contributed by atoms with Crippen LogP contribution in [-0.4, -0.2) is 46.8 Å². The molecule has 2 aromatic carbocycles. The number of hydrogen-bond donors (Lipinski definition) is 2. The largest absolute Gasteiger partial charge is 0.359 e. The van der Waals surface area contributed by atoms with E-state index in [9.17, 15) is 9.59 Å². The van der Waals surface area contributed by atoms with E-state index in [1.165, 1.54) is 22.9 Å². The van der Waals surface area contributed by atoms with Gasteiger partial charge in [0.25, 0.3) is 0 Å². The van der Waals surface area contributed by atoms with Gasteiger partial charge in [-0.05, 0) is 55.3 Å². The predicted octanol–water partition coefficient (Wildman–Crippen LogP) is 3.81. The molecule has 32 heavy (non-hydrogen) atoms. The number of nitrogens with one attached hydrogen (secondary N) is 2. The molecule has 4 rings (SSSR count). The van der Waals surface area contributed by atoms with Gasteiger partial charge in [0.2, 0.25) is 11.8 Å². The highest BCUT2D eigenvalue weighted by atomic mass is 35.5. The maximum atomic E-state index is 12.5. The van der Waals surface area contributed by atoms with Crippen LogP contribution in [0.15, 0.2) is 53.9 Å². The van der Waals surface area contributed by atoms with Crippen molar-refractivity contribution < 1.29 is 9.59 Å². The highest BCUT2D eigenvalue weighted by molar-refractivity contribution is 7.99. The fraction of sp³-hybridized carbons (Fsp3) is 0.261.